The van der Waals surface area contributed by atoms with Crippen molar-refractivity contribution in [2.45, 2.75) is 31.7 Å². The quantitative estimate of drug-likeness (QED) is 0.781. The van der Waals surface area contributed by atoms with E-state index in [-0.39, 0.29) is 18.1 Å². The molecule has 3 aliphatic heterocycles. The van der Waals surface area contributed by atoms with Crippen molar-refractivity contribution < 1.29 is 14.3 Å². The van der Waals surface area contributed by atoms with E-state index in [0.717, 1.165) is 43.1 Å². The summed E-state index contributed by atoms with van der Waals surface area (Å²) in [5, 5.41) is 8.21. The first-order valence-corrected chi connectivity index (χ1v) is 9.49. The number of benzene rings is 1. The minimum Gasteiger partial charge on any atom is -0.492 e. The third-order valence-corrected chi connectivity index (χ3v) is 5.67. The van der Waals surface area contributed by atoms with E-state index in [1.54, 1.807) is 6.20 Å². The molecule has 3 aliphatic rings. The molecule has 0 radical (unpaired) electrons. The molecule has 5 rings (SSSR count). The number of likely N-dealkylation sites (tertiary alicyclic amines) is 1. The monoisotopic (exact) mass is 369 g/mol. The van der Waals surface area contributed by atoms with Crippen molar-refractivity contribution in [3.63, 3.8) is 0 Å². The summed E-state index contributed by atoms with van der Waals surface area (Å²) >= 11 is 0. The lowest BCUT2D eigenvalue weighted by Crippen LogP contribution is -2.52. The summed E-state index contributed by atoms with van der Waals surface area (Å²) in [6.07, 6.45) is 2.69. The van der Waals surface area contributed by atoms with Crippen LogP contribution >= 0.6 is 0 Å². The molecule has 142 valence electrons. The normalized spacial score (nSPS) is 25.0. The van der Waals surface area contributed by atoms with Gasteiger partial charge in [0, 0.05) is 31.7 Å². The number of ether oxygens (including phenoxy) is 2. The first kappa shape index (κ1) is 16.7. The third-order valence-electron chi connectivity index (χ3n) is 5.67. The van der Waals surface area contributed by atoms with Crippen LogP contribution in [-0.2, 0) is 22.7 Å². The van der Waals surface area contributed by atoms with Crippen molar-refractivity contribution in [1.29, 1.82) is 0 Å². The van der Waals surface area contributed by atoms with E-state index in [2.05, 4.69) is 21.3 Å². The third kappa shape index (κ3) is 3.19. The minimum absolute atomic E-state index is 0.0575. The van der Waals surface area contributed by atoms with Gasteiger partial charge in [-0.25, -0.2) is 4.68 Å². The lowest BCUT2D eigenvalue weighted by Gasteiger charge is -2.41. The zero-order valence-electron chi connectivity index (χ0n) is 15.2. The van der Waals surface area contributed by atoms with Crippen molar-refractivity contribution in [2.75, 3.05) is 32.8 Å². The maximum Gasteiger partial charge on any atom is 0.236 e. The molecule has 1 amide bonds. The van der Waals surface area contributed by atoms with Crippen molar-refractivity contribution in [3.05, 3.63) is 41.7 Å². The first-order valence-electron chi connectivity index (χ1n) is 9.49. The highest BCUT2D eigenvalue weighted by molar-refractivity contribution is 5.78. The van der Waals surface area contributed by atoms with E-state index in [9.17, 15) is 4.79 Å². The summed E-state index contributed by atoms with van der Waals surface area (Å²) in [5.41, 5.74) is 2.11. The van der Waals surface area contributed by atoms with E-state index >= 15 is 0 Å². The Morgan fingerprint density at radius 1 is 1.26 bits per heavy atom. The number of carbonyl (C=O) groups excluding carboxylic acids is 1. The molecule has 27 heavy (non-hydrogen) atoms. The van der Waals surface area contributed by atoms with Crippen LogP contribution in [0.5, 0.6) is 5.75 Å². The Bertz CT molecular complexity index is 838. The standard InChI is InChI=1S/C19H23N5O3/c25-19(12-22-7-8-26-17-4-2-1-3-14(17)10-22)23-6-5-18-16(11-23)24-15(13-27-18)9-20-21-24/h1-4,9,16,18H,5-8,10-13H2/t16-,18+/m1/s1. The summed E-state index contributed by atoms with van der Waals surface area (Å²) in [6.45, 7) is 4.39. The van der Waals surface area contributed by atoms with Crippen LogP contribution in [0.25, 0.3) is 0 Å². The second kappa shape index (κ2) is 6.94. The van der Waals surface area contributed by atoms with Crippen LogP contribution in [0, 0.1) is 0 Å². The Labute approximate surface area is 157 Å². The van der Waals surface area contributed by atoms with Crippen LogP contribution in [0.4, 0.5) is 0 Å². The number of carbonyl (C=O) groups is 1. The van der Waals surface area contributed by atoms with Gasteiger partial charge >= 0.3 is 0 Å². The summed E-state index contributed by atoms with van der Waals surface area (Å²) in [6, 6.07) is 8.10. The van der Waals surface area contributed by atoms with Crippen LogP contribution in [0.1, 0.15) is 23.7 Å². The molecule has 0 spiro atoms. The van der Waals surface area contributed by atoms with Crippen LogP contribution < -0.4 is 4.74 Å². The molecule has 0 unspecified atom stereocenters. The smallest absolute Gasteiger partial charge is 0.236 e. The average Bonchev–Trinajstić information content (AvgIpc) is 3.09. The minimum atomic E-state index is 0.0575. The number of piperidine rings is 1. The van der Waals surface area contributed by atoms with Crippen molar-refractivity contribution in [1.82, 2.24) is 24.8 Å². The molecule has 2 aromatic rings. The van der Waals surface area contributed by atoms with Crippen molar-refractivity contribution >= 4 is 5.91 Å². The summed E-state index contributed by atoms with van der Waals surface area (Å²) in [7, 11) is 0. The van der Waals surface area contributed by atoms with E-state index in [0.29, 0.717) is 26.3 Å². The van der Waals surface area contributed by atoms with E-state index in [4.69, 9.17) is 9.47 Å². The SMILES string of the molecule is O=C(CN1CCOc2ccccc2C1)N1CC[C@@H]2OCc3cnnn3[C@@H]2C1. The molecule has 0 bridgehead atoms. The number of rotatable bonds is 2. The molecule has 1 saturated heterocycles. The Morgan fingerprint density at radius 2 is 2.19 bits per heavy atom. The van der Waals surface area contributed by atoms with Crippen LogP contribution in [0.3, 0.4) is 0 Å². The lowest BCUT2D eigenvalue weighted by molar-refractivity contribution is -0.139. The molecule has 1 aromatic carbocycles. The molecule has 2 atom stereocenters. The van der Waals surface area contributed by atoms with Gasteiger partial charge in [-0.1, -0.05) is 23.4 Å². The van der Waals surface area contributed by atoms with Gasteiger partial charge in [0.2, 0.25) is 5.91 Å². The van der Waals surface area contributed by atoms with Crippen LogP contribution in [0.15, 0.2) is 30.5 Å². The first-order chi connectivity index (χ1) is 13.3. The Morgan fingerprint density at radius 3 is 3.15 bits per heavy atom. The van der Waals surface area contributed by atoms with Crippen molar-refractivity contribution in [3.8, 4) is 5.75 Å². The maximum atomic E-state index is 13.0. The van der Waals surface area contributed by atoms with Gasteiger partial charge in [-0.15, -0.1) is 5.10 Å². The molecule has 4 heterocycles. The number of hydrogen-bond acceptors (Lipinski definition) is 6. The van der Waals surface area contributed by atoms with Gasteiger partial charge in [0.05, 0.1) is 37.2 Å². The van der Waals surface area contributed by atoms with Gasteiger partial charge in [-0.2, -0.15) is 0 Å². The van der Waals surface area contributed by atoms with Gasteiger partial charge in [-0.3, -0.25) is 9.69 Å². The van der Waals surface area contributed by atoms with Gasteiger partial charge in [0.25, 0.3) is 0 Å². The predicted octanol–water partition coefficient (Wildman–Crippen LogP) is 0.845. The number of hydrogen-bond donors (Lipinski definition) is 0. The Balaban J connectivity index is 1.26. The second-order valence-corrected chi connectivity index (χ2v) is 7.38. The van der Waals surface area contributed by atoms with E-state index in [1.807, 2.05) is 27.8 Å². The molecule has 0 N–H and O–H groups in total. The number of aromatic nitrogens is 3. The molecule has 0 saturated carbocycles. The Hall–Kier alpha value is -2.45. The molecular formula is C19H23N5O3. The number of amides is 1. The predicted molar refractivity (Wildman–Crippen MR) is 96.0 cm³/mol. The number of nitrogens with zero attached hydrogens (tertiary/aromatic N) is 5. The fourth-order valence-corrected chi connectivity index (χ4v) is 4.21. The molecular weight excluding hydrogens is 346 g/mol. The lowest BCUT2D eigenvalue weighted by atomic mass is 10.0. The number of fused-ring (bicyclic) bond motifs is 4. The van der Waals surface area contributed by atoms with Gasteiger partial charge in [0.1, 0.15) is 12.4 Å². The molecule has 8 heteroatoms. The molecule has 8 nitrogen and oxygen atoms in total. The fourth-order valence-electron chi connectivity index (χ4n) is 4.21. The highest BCUT2D eigenvalue weighted by Gasteiger charge is 2.38. The second-order valence-electron chi connectivity index (χ2n) is 7.38. The highest BCUT2D eigenvalue weighted by Crippen LogP contribution is 2.30. The Kier molecular flexibility index (Phi) is 4.29. The summed E-state index contributed by atoms with van der Waals surface area (Å²) < 4.78 is 13.7. The van der Waals surface area contributed by atoms with E-state index < -0.39 is 0 Å². The zero-order chi connectivity index (χ0) is 18.2. The molecule has 1 fully saturated rings. The van der Waals surface area contributed by atoms with E-state index in [1.165, 1.54) is 0 Å². The number of para-hydroxylation sites is 1. The highest BCUT2D eigenvalue weighted by atomic mass is 16.5. The largest absolute Gasteiger partial charge is 0.492 e. The van der Waals surface area contributed by atoms with Crippen molar-refractivity contribution in [2.24, 2.45) is 0 Å². The van der Waals surface area contributed by atoms with Gasteiger partial charge < -0.3 is 14.4 Å². The summed E-state index contributed by atoms with van der Waals surface area (Å²) in [4.78, 5) is 17.1. The average molecular weight is 369 g/mol. The molecule has 1 aromatic heterocycles. The van der Waals surface area contributed by atoms with Gasteiger partial charge in [0.15, 0.2) is 0 Å². The van der Waals surface area contributed by atoms with Gasteiger partial charge in [-0.05, 0) is 12.5 Å². The zero-order valence-corrected chi connectivity index (χ0v) is 15.2. The topological polar surface area (TPSA) is 72.7 Å². The van der Waals surface area contributed by atoms with Crippen LogP contribution in [-0.4, -0.2) is 69.6 Å². The fraction of sp³-hybridized carbons (Fsp3) is 0.526. The van der Waals surface area contributed by atoms with Crippen LogP contribution in [0.2, 0.25) is 0 Å². The summed E-state index contributed by atoms with van der Waals surface area (Å²) in [5.74, 6) is 1.08. The maximum absolute atomic E-state index is 13.0. The molecule has 0 aliphatic carbocycles.